The predicted molar refractivity (Wildman–Crippen MR) is 125 cm³/mol. The molecule has 0 fully saturated rings. The Balaban J connectivity index is 0.000000732. The summed E-state index contributed by atoms with van der Waals surface area (Å²) in [6.45, 7) is 3.98. The number of benzene rings is 2. The van der Waals surface area contributed by atoms with Gasteiger partial charge < -0.3 is 0 Å². The summed E-state index contributed by atoms with van der Waals surface area (Å²) in [7, 11) is -13.0. The van der Waals surface area contributed by atoms with Gasteiger partial charge in [-0.15, -0.1) is 20.4 Å². The van der Waals surface area contributed by atoms with Gasteiger partial charge in [0.15, 0.2) is 11.4 Å². The van der Waals surface area contributed by atoms with Crippen molar-refractivity contribution in [3.63, 3.8) is 0 Å². The van der Waals surface area contributed by atoms with Crippen LogP contribution in [0.5, 0.6) is 0 Å². The van der Waals surface area contributed by atoms with E-state index in [1.807, 2.05) is 36.6 Å². The third-order valence-corrected chi connectivity index (χ3v) is 8.45. The molecule has 13 nitrogen and oxygen atoms in total. The molecule has 0 aliphatic rings. The van der Waals surface area contributed by atoms with Crippen LogP contribution in [0, 0.1) is 24.1 Å². The zero-order chi connectivity index (χ0) is 28.3. The maximum absolute atomic E-state index is 12.7. The van der Waals surface area contributed by atoms with Crippen LogP contribution in [0.15, 0.2) is 76.0 Å². The largest absolute Gasteiger partial charge is 0.267 e. The highest BCUT2D eigenvalue weighted by molar-refractivity contribution is 7.93. The number of nitrogens with one attached hydrogen (secondary N) is 1. The first kappa shape index (κ1) is 29.5. The van der Waals surface area contributed by atoms with E-state index < -0.39 is 34.6 Å². The smallest absolute Gasteiger partial charge is 0.253 e. The van der Waals surface area contributed by atoms with E-state index in [1.54, 1.807) is 12.1 Å². The number of pyridine rings is 1. The first-order valence-corrected chi connectivity index (χ1v) is 15.3. The molecule has 0 saturated carbocycles. The summed E-state index contributed by atoms with van der Waals surface area (Å²) in [5.41, 5.74) is 5.00. The molecule has 4 rings (SSSR count). The molecule has 4 aromatic rings. The van der Waals surface area contributed by atoms with E-state index in [-0.39, 0.29) is 10.0 Å². The summed E-state index contributed by atoms with van der Waals surface area (Å²) in [6, 6.07) is 20.6. The van der Waals surface area contributed by atoms with Gasteiger partial charge in [0.25, 0.3) is 20.0 Å². The lowest BCUT2D eigenvalue weighted by Gasteiger charge is -2.17. The number of hydrogen-bond acceptors (Lipinski definition) is 11. The number of halogens is 1. The molecule has 38 heavy (non-hydrogen) atoms. The van der Waals surface area contributed by atoms with Gasteiger partial charge in [-0.05, 0) is 23.3 Å². The van der Waals surface area contributed by atoms with Crippen molar-refractivity contribution >= 4 is 36.5 Å². The summed E-state index contributed by atoms with van der Waals surface area (Å²) >= 11 is 0.535. The van der Waals surface area contributed by atoms with E-state index in [0.717, 1.165) is 28.2 Å². The van der Waals surface area contributed by atoms with Crippen LogP contribution in [-0.2, 0) is 20.0 Å². The fraction of sp³-hybridized carbons (Fsp3) is 0.0952. The van der Waals surface area contributed by atoms with Gasteiger partial charge in [-0.3, -0.25) is 4.72 Å². The number of nitrogens with two attached hydrogens (primary N) is 1. The van der Waals surface area contributed by atoms with E-state index in [2.05, 4.69) is 39.2 Å². The van der Waals surface area contributed by atoms with Gasteiger partial charge in [-0.1, -0.05) is 41.7 Å². The van der Waals surface area contributed by atoms with Gasteiger partial charge in [0.2, 0.25) is 15.2 Å². The summed E-state index contributed by atoms with van der Waals surface area (Å²) < 4.78 is 85.8. The molecule has 3 N–H and O–H groups in total. The summed E-state index contributed by atoms with van der Waals surface area (Å²) in [5.74, 6) is 0. The molecule has 0 unspecified atom stereocenters. The number of primary sulfonamides is 1. The third kappa shape index (κ3) is 7.97. The van der Waals surface area contributed by atoms with Crippen molar-refractivity contribution in [2.75, 3.05) is 4.72 Å². The van der Waals surface area contributed by atoms with Crippen molar-refractivity contribution in [2.45, 2.75) is 23.1 Å². The highest BCUT2D eigenvalue weighted by atomic mass is 35.7. The molecule has 0 amide bonds. The Kier molecular flexibility index (Phi) is 8.82. The van der Waals surface area contributed by atoms with Gasteiger partial charge in [0.05, 0.1) is 4.90 Å². The molecule has 0 radical (unpaired) electrons. The van der Waals surface area contributed by atoms with Crippen LogP contribution < -0.4 is 33.1 Å². The summed E-state index contributed by atoms with van der Waals surface area (Å²) in [5, 5.41) is 11.7. The highest BCUT2D eigenvalue weighted by Crippen LogP contribution is 2.23. The number of rotatable bonds is 6. The quantitative estimate of drug-likeness (QED) is 0.226. The number of aromatic nitrogens is 3. The fourth-order valence-electron chi connectivity index (χ4n) is 3.42. The van der Waals surface area contributed by atoms with Crippen molar-refractivity contribution < 1.29 is 50.3 Å². The van der Waals surface area contributed by atoms with Crippen LogP contribution in [0.3, 0.4) is 0 Å². The maximum atomic E-state index is 12.7. The van der Waals surface area contributed by atoms with Crippen LogP contribution >= 0.6 is 11.3 Å². The molecule has 2 aromatic heterocycles. The Morgan fingerprint density at radius 3 is 1.84 bits per heavy atom. The molecular weight excluding hydrogens is 582 g/mol. The molecule has 0 aliphatic carbocycles. The van der Waals surface area contributed by atoms with E-state index in [1.165, 1.54) is 12.1 Å². The molecule has 0 spiro atoms. The second kappa shape index (κ2) is 11.4. The molecule has 202 valence electrons. The third-order valence-electron chi connectivity index (χ3n) is 4.82. The fourth-order valence-corrected chi connectivity index (χ4v) is 5.98. The lowest BCUT2D eigenvalue weighted by Crippen LogP contribution is -2.68. The maximum Gasteiger partial charge on any atom is 0.267 e. The van der Waals surface area contributed by atoms with Crippen LogP contribution in [0.25, 0.3) is 16.8 Å². The van der Waals surface area contributed by atoms with Crippen LogP contribution in [-0.4, -0.2) is 27.0 Å². The van der Waals surface area contributed by atoms with Crippen molar-refractivity contribution in [2.24, 2.45) is 5.14 Å². The SMILES string of the molecule is Cc1cc(-c2ccccc2)cc(C)[n+]1-c1ccc(S(=O)(=O)Nc2nnc(S(N)(=O)=O)s2)cc1.[O-][Cl+3]([O-])([O-])[O-]. The van der Waals surface area contributed by atoms with Gasteiger partial charge in [0.1, 0.15) is 0 Å². The van der Waals surface area contributed by atoms with Gasteiger partial charge in [-0.25, -0.2) is 40.6 Å². The second-order valence-electron chi connectivity index (χ2n) is 7.62. The molecule has 2 aromatic carbocycles. The van der Waals surface area contributed by atoms with Crippen LogP contribution in [0.1, 0.15) is 11.4 Å². The number of sulfonamides is 2. The minimum absolute atomic E-state index is 0.00424. The Morgan fingerprint density at radius 1 is 0.842 bits per heavy atom. The standard InChI is InChI=1S/C21H20N5O4S3.ClHO4/c1-14-12-17(16-6-4-3-5-7-16)13-15(2)26(14)18-8-10-19(11-9-18)33(29,30)25-20-23-24-21(31-20)32(22,27)28;2-1(3,4)5/h3-13H,1-2H3,(H,23,25)(H2,22,27,28);(H,2,3,4,5)/q+1;/p-1. The molecule has 2 heterocycles. The zero-order valence-electron chi connectivity index (χ0n) is 19.6. The molecule has 0 aliphatic heterocycles. The number of anilines is 1. The highest BCUT2D eigenvalue weighted by Gasteiger charge is 2.22. The molecule has 0 atom stereocenters. The van der Waals surface area contributed by atoms with Crippen LogP contribution in [0.2, 0.25) is 0 Å². The molecular formula is C21H20ClN5O8S3. The Morgan fingerprint density at radius 2 is 1.37 bits per heavy atom. The second-order valence-corrected chi connectivity index (χ2v) is 12.8. The Hall–Kier alpha value is -3.06. The number of nitrogens with zero attached hydrogens (tertiary/aromatic N) is 3. The van der Waals surface area contributed by atoms with Crippen LogP contribution in [0.4, 0.5) is 5.13 Å². The van der Waals surface area contributed by atoms with E-state index in [9.17, 15) is 16.8 Å². The minimum atomic E-state index is -4.94. The summed E-state index contributed by atoms with van der Waals surface area (Å²) in [4.78, 5) is -0.00424. The summed E-state index contributed by atoms with van der Waals surface area (Å²) in [6.07, 6.45) is 0. The predicted octanol–water partition coefficient (Wildman–Crippen LogP) is -2.21. The Bertz CT molecular complexity index is 1610. The number of aryl methyl sites for hydroxylation is 2. The van der Waals surface area contributed by atoms with Crippen molar-refractivity contribution in [1.29, 1.82) is 0 Å². The van der Waals surface area contributed by atoms with Crippen molar-refractivity contribution in [3.05, 3.63) is 78.1 Å². The lowest BCUT2D eigenvalue weighted by atomic mass is 10.0. The van der Waals surface area contributed by atoms with E-state index in [4.69, 9.17) is 23.8 Å². The topological polar surface area (TPSA) is 228 Å². The average Bonchev–Trinajstić information content (AvgIpc) is 3.27. The van der Waals surface area contributed by atoms with Crippen molar-refractivity contribution in [1.82, 2.24) is 10.2 Å². The van der Waals surface area contributed by atoms with E-state index in [0.29, 0.717) is 11.3 Å². The molecule has 17 heteroatoms. The lowest BCUT2D eigenvalue weighted by molar-refractivity contribution is -2.00. The Labute approximate surface area is 224 Å². The number of hydrogen-bond donors (Lipinski definition) is 2. The normalized spacial score (nSPS) is 12.0. The zero-order valence-corrected chi connectivity index (χ0v) is 22.8. The first-order valence-electron chi connectivity index (χ1n) is 10.2. The molecule has 0 bridgehead atoms. The molecule has 0 saturated heterocycles. The van der Waals surface area contributed by atoms with Gasteiger partial charge >= 0.3 is 0 Å². The average molecular weight is 602 g/mol. The van der Waals surface area contributed by atoms with Crippen molar-refractivity contribution in [3.8, 4) is 16.8 Å². The monoisotopic (exact) mass is 601 g/mol. The minimum Gasteiger partial charge on any atom is -0.253 e. The van der Waals surface area contributed by atoms with Gasteiger partial charge in [-0.2, -0.15) is 4.57 Å². The van der Waals surface area contributed by atoms with E-state index >= 15 is 0 Å². The first-order chi connectivity index (χ1) is 17.5. The van der Waals surface area contributed by atoms with Gasteiger partial charge in [0, 0.05) is 38.1 Å².